The molecule has 9 heteroatoms. The molecule has 33 heavy (non-hydrogen) atoms. The van der Waals surface area contributed by atoms with Crippen molar-refractivity contribution in [1.82, 2.24) is 4.90 Å². The highest BCUT2D eigenvalue weighted by molar-refractivity contribution is 8.01. The molecule has 8 nitrogen and oxygen atoms in total. The molecule has 2 unspecified atom stereocenters. The highest BCUT2D eigenvalue weighted by Crippen LogP contribution is 2.46. The second-order valence-corrected chi connectivity index (χ2v) is 9.40. The third-order valence-corrected chi connectivity index (χ3v) is 6.89. The summed E-state index contributed by atoms with van der Waals surface area (Å²) >= 11 is 1.20. The fraction of sp³-hybridized carbons (Fsp3) is 0.292. The minimum atomic E-state index is -1.17. The smallest absolute Gasteiger partial charge is 0.333 e. The van der Waals surface area contributed by atoms with Crippen LogP contribution in [0.15, 0.2) is 75.8 Å². The standard InChI is InChI=1S/C24H25NO7S/c1-24(19(22(28)29)5-2-6-20(24)23(30)31)33-18-9-7-16(8-10-18)11-12-25(15-21(26)27)14-17-4-3-13-32-17/h2-10,13,19H,11-12,14-15H2,1H3,(H,26,27)(H,28,29)(H,30,31). The lowest BCUT2D eigenvalue weighted by atomic mass is 9.82. The molecule has 3 N–H and O–H groups in total. The summed E-state index contributed by atoms with van der Waals surface area (Å²) in [5.74, 6) is -3.44. The second-order valence-electron chi connectivity index (χ2n) is 7.87. The fourth-order valence-corrected chi connectivity index (χ4v) is 5.12. The number of furan rings is 1. The van der Waals surface area contributed by atoms with Gasteiger partial charge in [-0.2, -0.15) is 0 Å². The van der Waals surface area contributed by atoms with Gasteiger partial charge in [-0.25, -0.2) is 4.79 Å². The van der Waals surface area contributed by atoms with Gasteiger partial charge in [-0.1, -0.05) is 30.4 Å². The molecule has 0 aliphatic heterocycles. The SMILES string of the molecule is CC1(Sc2ccc(CCN(CC(=O)O)Cc3ccco3)cc2)C(C(=O)O)=CC=CC1C(=O)O. The van der Waals surface area contributed by atoms with E-state index in [1.165, 1.54) is 30.0 Å². The summed E-state index contributed by atoms with van der Waals surface area (Å²) < 4.78 is 4.14. The molecule has 174 valence electrons. The van der Waals surface area contributed by atoms with Crippen LogP contribution >= 0.6 is 11.8 Å². The van der Waals surface area contributed by atoms with E-state index in [4.69, 9.17) is 4.42 Å². The van der Waals surface area contributed by atoms with Gasteiger partial charge in [-0.15, -0.1) is 11.8 Å². The molecule has 2 atom stereocenters. The maximum atomic E-state index is 11.8. The van der Waals surface area contributed by atoms with Crippen molar-refractivity contribution < 1.29 is 34.1 Å². The molecule has 1 aliphatic rings. The van der Waals surface area contributed by atoms with E-state index < -0.39 is 28.6 Å². The highest BCUT2D eigenvalue weighted by Gasteiger charge is 2.45. The summed E-state index contributed by atoms with van der Waals surface area (Å²) in [6.07, 6.45) is 6.58. The molecule has 0 radical (unpaired) electrons. The number of rotatable bonds is 11. The van der Waals surface area contributed by atoms with Crippen molar-refractivity contribution >= 4 is 29.7 Å². The third kappa shape index (κ3) is 6.15. The number of carboxylic acid groups (broad SMARTS) is 3. The van der Waals surface area contributed by atoms with Crippen LogP contribution in [0.3, 0.4) is 0 Å². The number of carbonyl (C=O) groups is 3. The number of benzene rings is 1. The van der Waals surface area contributed by atoms with E-state index in [1.54, 1.807) is 30.2 Å². The van der Waals surface area contributed by atoms with Gasteiger partial charge in [0.05, 0.1) is 35.6 Å². The number of carboxylic acids is 3. The Morgan fingerprint density at radius 3 is 2.42 bits per heavy atom. The Bertz CT molecular complexity index is 1060. The highest BCUT2D eigenvalue weighted by atomic mass is 32.2. The maximum Gasteiger partial charge on any atom is 0.333 e. The quantitative estimate of drug-likeness (QED) is 0.451. The van der Waals surface area contributed by atoms with Crippen LogP contribution in [0.25, 0.3) is 0 Å². The molecule has 2 aromatic rings. The summed E-state index contributed by atoms with van der Waals surface area (Å²) in [5.41, 5.74) is 1.01. The molecule has 1 aliphatic carbocycles. The zero-order valence-corrected chi connectivity index (χ0v) is 18.8. The largest absolute Gasteiger partial charge is 0.481 e. The van der Waals surface area contributed by atoms with E-state index in [0.29, 0.717) is 25.3 Å². The van der Waals surface area contributed by atoms with Crippen molar-refractivity contribution in [3.8, 4) is 0 Å². The number of nitrogens with zero attached hydrogens (tertiary/aromatic N) is 1. The van der Waals surface area contributed by atoms with Gasteiger partial charge in [-0.3, -0.25) is 14.5 Å². The molecular formula is C24H25NO7S. The van der Waals surface area contributed by atoms with Crippen molar-refractivity contribution in [2.75, 3.05) is 13.1 Å². The van der Waals surface area contributed by atoms with Gasteiger partial charge >= 0.3 is 17.9 Å². The van der Waals surface area contributed by atoms with Crippen LogP contribution in [0.2, 0.25) is 0 Å². The lowest BCUT2D eigenvalue weighted by Gasteiger charge is -2.35. The molecule has 0 bridgehead atoms. The Hall–Kier alpha value is -3.30. The van der Waals surface area contributed by atoms with E-state index in [1.807, 2.05) is 24.3 Å². The number of allylic oxidation sites excluding steroid dienone is 2. The zero-order chi connectivity index (χ0) is 24.0. The Morgan fingerprint density at radius 2 is 1.85 bits per heavy atom. The molecule has 0 saturated heterocycles. The van der Waals surface area contributed by atoms with Crippen LogP contribution in [0, 0.1) is 5.92 Å². The average Bonchev–Trinajstić information content (AvgIpc) is 3.25. The lowest BCUT2D eigenvalue weighted by molar-refractivity contribution is -0.141. The Morgan fingerprint density at radius 1 is 1.12 bits per heavy atom. The topological polar surface area (TPSA) is 128 Å². The van der Waals surface area contributed by atoms with E-state index in [-0.39, 0.29) is 12.1 Å². The Balaban J connectivity index is 1.69. The van der Waals surface area contributed by atoms with Gasteiger partial charge < -0.3 is 19.7 Å². The molecule has 3 rings (SSSR count). The molecule has 0 saturated carbocycles. The van der Waals surface area contributed by atoms with Crippen molar-refractivity contribution in [1.29, 1.82) is 0 Å². The van der Waals surface area contributed by atoms with Crippen LogP contribution in [0.1, 0.15) is 18.2 Å². The van der Waals surface area contributed by atoms with Crippen LogP contribution < -0.4 is 0 Å². The van der Waals surface area contributed by atoms with Crippen LogP contribution in [0.4, 0.5) is 0 Å². The number of hydrogen-bond donors (Lipinski definition) is 3. The summed E-state index contributed by atoms with van der Waals surface area (Å²) in [6, 6.07) is 11.0. The van der Waals surface area contributed by atoms with Gasteiger partial charge in [0.25, 0.3) is 0 Å². The zero-order valence-electron chi connectivity index (χ0n) is 18.0. The van der Waals surface area contributed by atoms with E-state index >= 15 is 0 Å². The average molecular weight is 472 g/mol. The van der Waals surface area contributed by atoms with E-state index in [2.05, 4.69) is 0 Å². The number of hydrogen-bond acceptors (Lipinski definition) is 6. The summed E-state index contributed by atoms with van der Waals surface area (Å²) in [4.78, 5) is 37.3. The summed E-state index contributed by atoms with van der Waals surface area (Å²) in [7, 11) is 0. The lowest BCUT2D eigenvalue weighted by Crippen LogP contribution is -2.41. The third-order valence-electron chi connectivity index (χ3n) is 5.48. The molecule has 1 aromatic heterocycles. The molecular weight excluding hydrogens is 446 g/mol. The van der Waals surface area contributed by atoms with Crippen molar-refractivity contribution in [2.24, 2.45) is 5.92 Å². The Labute approximate surface area is 195 Å². The molecule has 0 amide bonds. The van der Waals surface area contributed by atoms with Crippen molar-refractivity contribution in [2.45, 2.75) is 29.5 Å². The second kappa shape index (κ2) is 10.5. The minimum absolute atomic E-state index is 0.0358. The van der Waals surface area contributed by atoms with E-state index in [0.717, 1.165) is 10.5 Å². The van der Waals surface area contributed by atoms with Crippen molar-refractivity contribution in [3.63, 3.8) is 0 Å². The number of aliphatic carboxylic acids is 3. The van der Waals surface area contributed by atoms with Gasteiger partial charge in [-0.05, 0) is 43.2 Å². The van der Waals surface area contributed by atoms with Crippen LogP contribution in [-0.4, -0.2) is 56.0 Å². The first-order valence-electron chi connectivity index (χ1n) is 10.3. The molecule has 1 aromatic carbocycles. The summed E-state index contributed by atoms with van der Waals surface area (Å²) in [5, 5.41) is 28.4. The first kappa shape index (κ1) is 24.3. The Kier molecular flexibility index (Phi) is 7.78. The predicted molar refractivity (Wildman–Crippen MR) is 122 cm³/mol. The first-order chi connectivity index (χ1) is 15.7. The normalized spacial score (nSPS) is 19.9. The van der Waals surface area contributed by atoms with E-state index in [9.17, 15) is 29.7 Å². The molecule has 0 fully saturated rings. The fourth-order valence-electron chi connectivity index (χ4n) is 3.78. The van der Waals surface area contributed by atoms with Gasteiger partial charge in [0.1, 0.15) is 5.76 Å². The monoisotopic (exact) mass is 471 g/mol. The first-order valence-corrected chi connectivity index (χ1v) is 11.1. The maximum absolute atomic E-state index is 11.8. The molecule has 0 spiro atoms. The minimum Gasteiger partial charge on any atom is -0.481 e. The summed E-state index contributed by atoms with van der Waals surface area (Å²) in [6.45, 7) is 2.42. The van der Waals surface area contributed by atoms with Gasteiger partial charge in [0.2, 0.25) is 0 Å². The van der Waals surface area contributed by atoms with Crippen molar-refractivity contribution in [3.05, 3.63) is 77.8 Å². The van der Waals surface area contributed by atoms with Gasteiger partial charge in [0.15, 0.2) is 0 Å². The van der Waals surface area contributed by atoms with Crippen LogP contribution in [-0.2, 0) is 27.3 Å². The van der Waals surface area contributed by atoms with Gasteiger partial charge in [0, 0.05) is 11.4 Å². The predicted octanol–water partition coefficient (Wildman–Crippen LogP) is 3.54. The van der Waals surface area contributed by atoms with Crippen LogP contribution in [0.5, 0.6) is 0 Å². The molecule has 1 heterocycles. The number of thioether (sulfide) groups is 1.